The first-order valence-corrected chi connectivity index (χ1v) is 13.0. The highest BCUT2D eigenvalue weighted by Crippen LogP contribution is 2.27. The van der Waals surface area contributed by atoms with Crippen LogP contribution >= 0.6 is 0 Å². The fourth-order valence-corrected chi connectivity index (χ4v) is 5.25. The minimum Gasteiger partial charge on any atom is -0.348 e. The normalized spacial score (nSPS) is 12.4. The van der Waals surface area contributed by atoms with Gasteiger partial charge in [0.1, 0.15) is 6.54 Å². The van der Waals surface area contributed by atoms with Crippen LogP contribution in [-0.2, 0) is 14.8 Å². The molecule has 0 radical (unpaired) electrons. The zero-order valence-electron chi connectivity index (χ0n) is 20.6. The van der Waals surface area contributed by atoms with Gasteiger partial charge in [-0.2, -0.15) is 0 Å². The van der Waals surface area contributed by atoms with E-state index in [1.54, 1.807) is 30.3 Å². The third kappa shape index (κ3) is 6.26. The summed E-state index contributed by atoms with van der Waals surface area (Å²) in [5, 5.41) is 3.08. The molecule has 0 aliphatic rings. The van der Waals surface area contributed by atoms with Crippen LogP contribution in [0.15, 0.2) is 77.7 Å². The van der Waals surface area contributed by atoms with Crippen LogP contribution in [0.5, 0.6) is 0 Å². The van der Waals surface area contributed by atoms with Crippen molar-refractivity contribution in [2.24, 2.45) is 5.92 Å². The first kappa shape index (κ1) is 25.5. The number of carbonyl (C=O) groups excluding carboxylic acids is 1. The summed E-state index contributed by atoms with van der Waals surface area (Å²) >= 11 is 0. The summed E-state index contributed by atoms with van der Waals surface area (Å²) < 4.78 is 28.5. The summed E-state index contributed by atoms with van der Waals surface area (Å²) in [6.07, 6.45) is 0.754. The van der Waals surface area contributed by atoms with E-state index in [1.165, 1.54) is 4.31 Å². The number of nitrogens with zero attached hydrogens (tertiary/aromatic N) is 1. The van der Waals surface area contributed by atoms with Gasteiger partial charge in [0.15, 0.2) is 0 Å². The molecule has 0 fully saturated rings. The van der Waals surface area contributed by atoms with Crippen LogP contribution in [0.3, 0.4) is 0 Å². The number of amides is 1. The van der Waals surface area contributed by atoms with Crippen molar-refractivity contribution in [3.63, 3.8) is 0 Å². The molecule has 3 rings (SSSR count). The van der Waals surface area contributed by atoms with Crippen molar-refractivity contribution in [1.29, 1.82) is 0 Å². The average molecular weight is 479 g/mol. The fraction of sp³-hybridized carbons (Fsp3) is 0.321. The molecule has 1 amide bonds. The molecule has 0 spiro atoms. The Balaban J connectivity index is 1.95. The highest BCUT2D eigenvalue weighted by molar-refractivity contribution is 7.92. The number of anilines is 1. The Bertz CT molecular complexity index is 1220. The fourth-order valence-electron chi connectivity index (χ4n) is 3.84. The van der Waals surface area contributed by atoms with Crippen molar-refractivity contribution in [3.8, 4) is 0 Å². The van der Waals surface area contributed by atoms with Crippen molar-refractivity contribution < 1.29 is 13.2 Å². The summed E-state index contributed by atoms with van der Waals surface area (Å²) in [5.41, 5.74) is 4.46. The predicted molar refractivity (Wildman–Crippen MR) is 138 cm³/mol. The predicted octanol–water partition coefficient (Wildman–Crippen LogP) is 5.71. The third-order valence-electron chi connectivity index (χ3n) is 5.92. The van der Waals surface area contributed by atoms with E-state index in [2.05, 4.69) is 19.2 Å². The molecule has 0 aromatic heterocycles. The highest BCUT2D eigenvalue weighted by atomic mass is 32.2. The summed E-state index contributed by atoms with van der Waals surface area (Å²) in [6, 6.07) is 21.7. The number of aryl methyl sites for hydroxylation is 3. The monoisotopic (exact) mass is 478 g/mol. The van der Waals surface area contributed by atoms with Crippen LogP contribution in [0.2, 0.25) is 0 Å². The first-order valence-electron chi connectivity index (χ1n) is 11.6. The van der Waals surface area contributed by atoms with Gasteiger partial charge in [-0.1, -0.05) is 67.9 Å². The third-order valence-corrected chi connectivity index (χ3v) is 7.71. The number of hydrogen-bond acceptors (Lipinski definition) is 3. The molecule has 0 bridgehead atoms. The molecule has 5 nitrogen and oxygen atoms in total. The second-order valence-corrected chi connectivity index (χ2v) is 11.1. The van der Waals surface area contributed by atoms with Gasteiger partial charge in [-0.3, -0.25) is 9.10 Å². The van der Waals surface area contributed by atoms with Crippen LogP contribution < -0.4 is 9.62 Å². The number of benzene rings is 3. The van der Waals surface area contributed by atoms with Gasteiger partial charge < -0.3 is 5.32 Å². The van der Waals surface area contributed by atoms with Crippen LogP contribution in [0.4, 0.5) is 5.69 Å². The van der Waals surface area contributed by atoms with E-state index in [4.69, 9.17) is 0 Å². The SMILES string of the molecule is Cc1ccc(S(=O)(=O)N(CC(=O)NC(CC(C)C)c2ccccc2)c2ccc(C)c(C)c2)cc1. The molecule has 0 aliphatic heterocycles. The lowest BCUT2D eigenvalue weighted by atomic mass is 9.97. The maximum atomic E-state index is 13.7. The first-order chi connectivity index (χ1) is 16.1. The lowest BCUT2D eigenvalue weighted by Crippen LogP contribution is -2.42. The van der Waals surface area contributed by atoms with Gasteiger partial charge in [0.25, 0.3) is 10.0 Å². The van der Waals surface area contributed by atoms with E-state index in [-0.39, 0.29) is 23.4 Å². The molecule has 0 saturated carbocycles. The van der Waals surface area contributed by atoms with Crippen molar-refractivity contribution in [1.82, 2.24) is 5.32 Å². The van der Waals surface area contributed by atoms with E-state index in [0.717, 1.165) is 28.7 Å². The molecule has 6 heteroatoms. The standard InChI is InChI=1S/C28H34N2O3S/c1-20(2)17-27(24-9-7-6-8-10-24)29-28(31)19-30(25-14-13-22(4)23(5)18-25)34(32,33)26-15-11-21(3)12-16-26/h6-16,18,20,27H,17,19H2,1-5H3,(H,29,31). The number of rotatable bonds is 9. The number of hydrogen-bond donors (Lipinski definition) is 1. The van der Waals surface area contributed by atoms with Crippen molar-refractivity contribution in [2.75, 3.05) is 10.8 Å². The molecule has 3 aromatic rings. The summed E-state index contributed by atoms with van der Waals surface area (Å²) in [4.78, 5) is 13.4. The summed E-state index contributed by atoms with van der Waals surface area (Å²) in [7, 11) is -3.95. The molecular formula is C28H34N2O3S. The zero-order chi connectivity index (χ0) is 24.9. The molecule has 180 valence electrons. The van der Waals surface area contributed by atoms with Gasteiger partial charge in [0.05, 0.1) is 16.6 Å². The molecular weight excluding hydrogens is 444 g/mol. The smallest absolute Gasteiger partial charge is 0.264 e. The Morgan fingerprint density at radius 1 is 0.882 bits per heavy atom. The molecule has 3 aromatic carbocycles. The largest absolute Gasteiger partial charge is 0.348 e. The minimum atomic E-state index is -3.95. The van der Waals surface area contributed by atoms with Crippen LogP contribution in [0, 0.1) is 26.7 Å². The maximum Gasteiger partial charge on any atom is 0.264 e. The lowest BCUT2D eigenvalue weighted by Gasteiger charge is -2.27. The second kappa shape index (κ2) is 10.9. The van der Waals surface area contributed by atoms with Crippen LogP contribution in [0.1, 0.15) is 48.6 Å². The number of sulfonamides is 1. The molecule has 0 heterocycles. The molecule has 1 N–H and O–H groups in total. The molecule has 0 aliphatic carbocycles. The Morgan fingerprint density at radius 3 is 2.12 bits per heavy atom. The lowest BCUT2D eigenvalue weighted by molar-refractivity contribution is -0.120. The van der Waals surface area contributed by atoms with Crippen molar-refractivity contribution in [3.05, 3.63) is 95.1 Å². The molecule has 34 heavy (non-hydrogen) atoms. The zero-order valence-corrected chi connectivity index (χ0v) is 21.4. The summed E-state index contributed by atoms with van der Waals surface area (Å²) in [5.74, 6) is 0.0149. The van der Waals surface area contributed by atoms with Gasteiger partial charge in [-0.05, 0) is 74.1 Å². The van der Waals surface area contributed by atoms with Crippen LogP contribution in [0.25, 0.3) is 0 Å². The number of nitrogens with one attached hydrogen (secondary N) is 1. The Hall–Kier alpha value is -3.12. The van der Waals surface area contributed by atoms with E-state index in [9.17, 15) is 13.2 Å². The molecule has 0 saturated heterocycles. The Kier molecular flexibility index (Phi) is 8.15. The van der Waals surface area contributed by atoms with E-state index < -0.39 is 10.0 Å². The highest BCUT2D eigenvalue weighted by Gasteiger charge is 2.28. The summed E-state index contributed by atoms with van der Waals surface area (Å²) in [6.45, 7) is 9.71. The van der Waals surface area contributed by atoms with Gasteiger partial charge in [0.2, 0.25) is 5.91 Å². The van der Waals surface area contributed by atoms with Gasteiger partial charge in [-0.25, -0.2) is 8.42 Å². The van der Waals surface area contributed by atoms with E-state index >= 15 is 0 Å². The second-order valence-electron chi connectivity index (χ2n) is 9.25. The number of carbonyl (C=O) groups is 1. The Labute approximate surface area is 203 Å². The molecule has 1 unspecified atom stereocenters. The quantitative estimate of drug-likeness (QED) is 0.428. The minimum absolute atomic E-state index is 0.158. The van der Waals surface area contributed by atoms with E-state index in [0.29, 0.717) is 11.6 Å². The maximum absolute atomic E-state index is 13.7. The van der Waals surface area contributed by atoms with Crippen molar-refractivity contribution >= 4 is 21.6 Å². The van der Waals surface area contributed by atoms with Crippen LogP contribution in [-0.4, -0.2) is 20.9 Å². The van der Waals surface area contributed by atoms with Gasteiger partial charge in [0, 0.05) is 0 Å². The Morgan fingerprint density at radius 2 is 1.53 bits per heavy atom. The van der Waals surface area contributed by atoms with E-state index in [1.807, 2.05) is 63.2 Å². The average Bonchev–Trinajstić information content (AvgIpc) is 2.79. The van der Waals surface area contributed by atoms with Gasteiger partial charge >= 0.3 is 0 Å². The molecule has 1 atom stereocenters. The topological polar surface area (TPSA) is 66.5 Å². The van der Waals surface area contributed by atoms with Gasteiger partial charge in [-0.15, -0.1) is 0 Å². The van der Waals surface area contributed by atoms with Crippen molar-refractivity contribution in [2.45, 2.75) is 52.0 Å².